The van der Waals surface area contributed by atoms with E-state index in [1.54, 1.807) is 18.7 Å². The second-order valence-electron chi connectivity index (χ2n) is 5.86. The van der Waals surface area contributed by atoms with Gasteiger partial charge in [-0.3, -0.25) is 0 Å². The minimum atomic E-state index is -0.368. The molecule has 25 heavy (non-hydrogen) atoms. The van der Waals surface area contributed by atoms with Gasteiger partial charge in [-0.25, -0.2) is 4.79 Å². The van der Waals surface area contributed by atoms with Gasteiger partial charge >= 0.3 is 5.97 Å². The van der Waals surface area contributed by atoms with Crippen molar-refractivity contribution in [3.8, 4) is 0 Å². The summed E-state index contributed by atoms with van der Waals surface area (Å²) in [6.45, 7) is 3.94. The Balaban J connectivity index is 1.87. The summed E-state index contributed by atoms with van der Waals surface area (Å²) in [6.07, 6.45) is 0.883. The monoisotopic (exact) mass is 375 g/mol. The van der Waals surface area contributed by atoms with E-state index in [2.05, 4.69) is 22.6 Å². The van der Waals surface area contributed by atoms with Crippen LogP contribution < -0.4 is 10.6 Å². The average molecular weight is 376 g/mol. The van der Waals surface area contributed by atoms with Crippen LogP contribution in [0.2, 0.25) is 0 Å². The topological polar surface area (TPSA) is 53.6 Å². The predicted molar refractivity (Wildman–Crippen MR) is 106 cm³/mol. The second-order valence-corrected chi connectivity index (χ2v) is 7.37. The van der Waals surface area contributed by atoms with Crippen LogP contribution in [0, 0.1) is 0 Å². The Hall–Kier alpha value is -1.83. The molecule has 2 aliphatic heterocycles. The average Bonchev–Trinajstić information content (AvgIpc) is 2.61. The van der Waals surface area contributed by atoms with E-state index in [4.69, 9.17) is 17.0 Å². The quantitative estimate of drug-likeness (QED) is 0.619. The zero-order chi connectivity index (χ0) is 17.8. The van der Waals surface area contributed by atoms with Crippen LogP contribution in [-0.2, 0) is 9.53 Å². The first-order valence-corrected chi connectivity index (χ1v) is 9.44. The van der Waals surface area contributed by atoms with E-state index in [0.29, 0.717) is 22.2 Å². The van der Waals surface area contributed by atoms with E-state index in [0.717, 1.165) is 30.9 Å². The molecule has 0 unspecified atom stereocenters. The van der Waals surface area contributed by atoms with Gasteiger partial charge in [-0.05, 0) is 26.1 Å². The van der Waals surface area contributed by atoms with Gasteiger partial charge in [0.25, 0.3) is 0 Å². The van der Waals surface area contributed by atoms with Gasteiger partial charge in [-0.1, -0.05) is 42.2 Å². The number of benzene rings is 1. The number of para-hydroxylation sites is 1. The molecule has 5 nitrogen and oxygen atoms in total. The van der Waals surface area contributed by atoms with Crippen LogP contribution in [-0.4, -0.2) is 42.6 Å². The largest absolute Gasteiger partial charge is 0.461 e. The minimum Gasteiger partial charge on any atom is -0.461 e. The summed E-state index contributed by atoms with van der Waals surface area (Å²) in [6, 6.07) is 9.71. The number of rotatable bonds is 4. The summed E-state index contributed by atoms with van der Waals surface area (Å²) in [5, 5.41) is 6.50. The molecule has 0 spiro atoms. The molecule has 2 heterocycles. The van der Waals surface area contributed by atoms with Gasteiger partial charge in [-0.15, -0.1) is 0 Å². The Labute approximate surface area is 157 Å². The molecule has 1 aromatic rings. The first-order chi connectivity index (χ1) is 12.1. The molecule has 0 saturated carbocycles. The van der Waals surface area contributed by atoms with Gasteiger partial charge < -0.3 is 20.3 Å². The second kappa shape index (κ2) is 8.03. The Bertz CT molecular complexity index is 744. The molecule has 0 bridgehead atoms. The number of carbonyl (C=O) groups excluding carboxylic acids is 1. The molecule has 2 aliphatic rings. The maximum atomic E-state index is 12.4. The zero-order valence-electron chi connectivity index (χ0n) is 14.3. The highest BCUT2D eigenvalue weighted by Crippen LogP contribution is 2.38. The van der Waals surface area contributed by atoms with Crippen LogP contribution in [0.15, 0.2) is 51.5 Å². The summed E-state index contributed by atoms with van der Waals surface area (Å²) in [4.78, 5) is 17.1. The molecule has 0 aliphatic carbocycles. The molecule has 0 saturated heterocycles. The van der Waals surface area contributed by atoms with Crippen LogP contribution in [0.5, 0.6) is 0 Å². The van der Waals surface area contributed by atoms with Gasteiger partial charge in [0.05, 0.1) is 11.5 Å². The molecular formula is C18H21N3O2S2. The van der Waals surface area contributed by atoms with E-state index in [-0.39, 0.29) is 5.97 Å². The standard InChI is InChI=1S/C18H21N3O2S2/c1-3-23-18(22)15-16(17(24)19-12-7-5-4-6-8-12)25-14-11-21(2)10-9-13(14)20-15/h4-8,20H,3,9-11H2,1-2H3,(H,19,24). The van der Waals surface area contributed by atoms with Crippen molar-refractivity contribution < 1.29 is 9.53 Å². The summed E-state index contributed by atoms with van der Waals surface area (Å²) in [5.74, 6) is -0.368. The first kappa shape index (κ1) is 18.0. The van der Waals surface area contributed by atoms with E-state index in [9.17, 15) is 4.79 Å². The Morgan fingerprint density at radius 1 is 1.40 bits per heavy atom. The van der Waals surface area contributed by atoms with Crippen molar-refractivity contribution in [1.82, 2.24) is 10.2 Å². The summed E-state index contributed by atoms with van der Waals surface area (Å²) in [7, 11) is 2.09. The molecule has 2 N–H and O–H groups in total. The van der Waals surface area contributed by atoms with E-state index >= 15 is 0 Å². The van der Waals surface area contributed by atoms with Crippen LogP contribution >= 0.6 is 24.0 Å². The first-order valence-electron chi connectivity index (χ1n) is 8.21. The van der Waals surface area contributed by atoms with Gasteiger partial charge in [0, 0.05) is 35.8 Å². The van der Waals surface area contributed by atoms with Crippen LogP contribution in [0.1, 0.15) is 13.3 Å². The smallest absolute Gasteiger partial charge is 0.356 e. The van der Waals surface area contributed by atoms with Crippen molar-refractivity contribution in [2.24, 2.45) is 0 Å². The molecule has 0 atom stereocenters. The predicted octanol–water partition coefficient (Wildman–Crippen LogP) is 3.08. The van der Waals surface area contributed by atoms with Crippen LogP contribution in [0.3, 0.4) is 0 Å². The number of anilines is 1. The molecule has 3 rings (SSSR count). The van der Waals surface area contributed by atoms with Crippen molar-refractivity contribution in [3.05, 3.63) is 51.5 Å². The lowest BCUT2D eigenvalue weighted by Gasteiger charge is -2.32. The SMILES string of the molecule is CCOC(=O)C1=C(C(=S)Nc2ccccc2)SC2=C(CCN(C)C2)N1. The molecule has 7 heteroatoms. The number of nitrogens with one attached hydrogen (secondary N) is 2. The molecule has 0 fully saturated rings. The van der Waals surface area contributed by atoms with Gasteiger partial charge in [-0.2, -0.15) is 0 Å². The van der Waals surface area contributed by atoms with E-state index in [1.807, 2.05) is 30.3 Å². The lowest BCUT2D eigenvalue weighted by Crippen LogP contribution is -2.37. The number of likely N-dealkylation sites (N-methyl/N-ethyl adjacent to an activating group) is 1. The molecular weight excluding hydrogens is 354 g/mol. The zero-order valence-corrected chi connectivity index (χ0v) is 15.9. The molecule has 0 aromatic heterocycles. The van der Waals surface area contributed by atoms with Gasteiger partial charge in [0.1, 0.15) is 10.7 Å². The van der Waals surface area contributed by atoms with E-state index < -0.39 is 0 Å². The number of hydrogen-bond donors (Lipinski definition) is 2. The lowest BCUT2D eigenvalue weighted by atomic mass is 10.2. The Morgan fingerprint density at radius 3 is 2.88 bits per heavy atom. The summed E-state index contributed by atoms with van der Waals surface area (Å²) in [5.41, 5.74) is 2.42. The highest BCUT2D eigenvalue weighted by Gasteiger charge is 2.30. The summed E-state index contributed by atoms with van der Waals surface area (Å²) < 4.78 is 5.22. The highest BCUT2D eigenvalue weighted by atomic mass is 32.2. The van der Waals surface area contributed by atoms with Crippen molar-refractivity contribution in [2.75, 3.05) is 32.1 Å². The van der Waals surface area contributed by atoms with E-state index in [1.165, 1.54) is 4.91 Å². The third-order valence-corrected chi connectivity index (χ3v) is 5.61. The number of ether oxygens (including phenoxy) is 1. The number of thioether (sulfide) groups is 1. The van der Waals surface area contributed by atoms with Crippen molar-refractivity contribution in [2.45, 2.75) is 13.3 Å². The molecule has 0 radical (unpaired) electrons. The number of thiocarbonyl (C=S) groups is 1. The molecule has 0 amide bonds. The van der Waals surface area contributed by atoms with Crippen molar-refractivity contribution >= 4 is 40.6 Å². The fraction of sp³-hybridized carbons (Fsp3) is 0.333. The van der Waals surface area contributed by atoms with Crippen molar-refractivity contribution in [3.63, 3.8) is 0 Å². The van der Waals surface area contributed by atoms with Gasteiger partial charge in [0.2, 0.25) is 0 Å². The minimum absolute atomic E-state index is 0.329. The molecule has 1 aromatic carbocycles. The summed E-state index contributed by atoms with van der Waals surface area (Å²) >= 11 is 7.15. The number of esters is 1. The highest BCUT2D eigenvalue weighted by molar-refractivity contribution is 8.08. The Morgan fingerprint density at radius 2 is 2.16 bits per heavy atom. The third kappa shape index (κ3) is 4.23. The van der Waals surface area contributed by atoms with Crippen molar-refractivity contribution in [1.29, 1.82) is 0 Å². The Kier molecular flexibility index (Phi) is 5.78. The number of carbonyl (C=O) groups is 1. The number of nitrogens with zero attached hydrogens (tertiary/aromatic N) is 1. The third-order valence-electron chi connectivity index (χ3n) is 3.94. The lowest BCUT2D eigenvalue weighted by molar-refractivity contribution is -0.138. The fourth-order valence-corrected chi connectivity index (χ4v) is 4.22. The fourth-order valence-electron chi connectivity index (χ4n) is 2.69. The maximum absolute atomic E-state index is 12.4. The number of hydrogen-bond acceptors (Lipinski definition) is 6. The maximum Gasteiger partial charge on any atom is 0.356 e. The van der Waals surface area contributed by atoms with Crippen LogP contribution in [0.25, 0.3) is 0 Å². The van der Waals surface area contributed by atoms with Gasteiger partial charge in [0.15, 0.2) is 0 Å². The normalized spacial score (nSPS) is 17.7. The van der Waals surface area contributed by atoms with Crippen LogP contribution in [0.4, 0.5) is 5.69 Å². The molecule has 132 valence electrons.